The van der Waals surface area contributed by atoms with Crippen molar-refractivity contribution in [2.75, 3.05) is 0 Å². The van der Waals surface area contributed by atoms with Crippen LogP contribution in [0.1, 0.15) is 49.0 Å². The van der Waals surface area contributed by atoms with E-state index in [1.807, 2.05) is 10.6 Å². The van der Waals surface area contributed by atoms with Crippen LogP contribution < -0.4 is 10.1 Å². The molecule has 5 aromatic rings. The second-order valence-electron chi connectivity index (χ2n) is 10.6. The SMILES string of the molecule is CC(Oc1ccc(Cl)cc1C(=O)N[C@H]1CCC[C@@H](n2c(-c3ccccc3F)nc3cnc(-c4ncn[nH]4)cc32)C1)C(F)(F)F. The molecule has 9 nitrogen and oxygen atoms in total. The number of aromatic amines is 1. The predicted molar refractivity (Wildman–Crippen MR) is 155 cm³/mol. The normalized spacial score (nSPS) is 17.9. The lowest BCUT2D eigenvalue weighted by Gasteiger charge is -2.32. The quantitative estimate of drug-likeness (QED) is 0.190. The van der Waals surface area contributed by atoms with Gasteiger partial charge in [0.05, 0.1) is 22.8 Å². The summed E-state index contributed by atoms with van der Waals surface area (Å²) >= 11 is 6.10. The molecular formula is C30H26ClF4N7O2. The van der Waals surface area contributed by atoms with Crippen LogP contribution in [0.3, 0.4) is 0 Å². The Morgan fingerprint density at radius 3 is 2.73 bits per heavy atom. The molecule has 0 saturated heterocycles. The van der Waals surface area contributed by atoms with E-state index in [9.17, 15) is 18.0 Å². The molecule has 1 amide bonds. The van der Waals surface area contributed by atoms with Gasteiger partial charge in [-0.25, -0.2) is 14.4 Å². The van der Waals surface area contributed by atoms with Gasteiger partial charge in [0.1, 0.15) is 34.9 Å². The van der Waals surface area contributed by atoms with E-state index in [0.29, 0.717) is 53.2 Å². The van der Waals surface area contributed by atoms with E-state index in [1.165, 1.54) is 30.6 Å². The molecule has 0 radical (unpaired) electrons. The summed E-state index contributed by atoms with van der Waals surface area (Å²) in [6.07, 6.45) is -1.26. The molecule has 1 unspecified atom stereocenters. The van der Waals surface area contributed by atoms with Crippen LogP contribution >= 0.6 is 11.6 Å². The number of benzene rings is 2. The first kappa shape index (κ1) is 29.5. The summed E-state index contributed by atoms with van der Waals surface area (Å²) in [7, 11) is 0. The lowest BCUT2D eigenvalue weighted by molar-refractivity contribution is -0.189. The topological polar surface area (TPSA) is 111 Å². The fourth-order valence-electron chi connectivity index (χ4n) is 5.49. The number of hydrogen-bond donors (Lipinski definition) is 2. The zero-order chi connectivity index (χ0) is 31.0. The standard InChI is InChI=1S/C30H26ClF4N7O2/c1-16(30(33,34)35)44-26-10-9-17(31)11-21(26)29(43)39-18-5-4-6-19(12-18)42-25-13-23(27-37-15-38-41-27)36-14-24(25)40-28(42)20-7-2-3-8-22(20)32/h2-3,7-11,13-16,18-19H,4-6,12H2,1H3,(H,39,43)(H,37,38,41)/t16?,18-,19+/m0/s1. The Balaban J connectivity index is 1.33. The van der Waals surface area contributed by atoms with Gasteiger partial charge in [-0.3, -0.25) is 14.9 Å². The summed E-state index contributed by atoms with van der Waals surface area (Å²) in [6, 6.07) is 11.5. The Labute approximate surface area is 253 Å². The molecule has 2 aromatic carbocycles. The fraction of sp³-hybridized carbons (Fsp3) is 0.300. The fourth-order valence-corrected chi connectivity index (χ4v) is 5.66. The van der Waals surface area contributed by atoms with E-state index in [-0.39, 0.29) is 28.4 Å². The number of amides is 1. The largest absolute Gasteiger partial charge is 0.480 e. The zero-order valence-electron chi connectivity index (χ0n) is 23.3. The van der Waals surface area contributed by atoms with E-state index in [0.717, 1.165) is 13.3 Å². The van der Waals surface area contributed by atoms with Crippen LogP contribution in [0.5, 0.6) is 5.75 Å². The van der Waals surface area contributed by atoms with E-state index in [1.54, 1.807) is 24.4 Å². The van der Waals surface area contributed by atoms with Crippen molar-refractivity contribution in [2.24, 2.45) is 0 Å². The molecular weight excluding hydrogens is 602 g/mol. The Kier molecular flexibility index (Phi) is 7.97. The lowest BCUT2D eigenvalue weighted by atomic mass is 9.90. The van der Waals surface area contributed by atoms with Crippen molar-refractivity contribution in [3.8, 4) is 28.7 Å². The molecule has 0 aliphatic heterocycles. The van der Waals surface area contributed by atoms with E-state index in [2.05, 4.69) is 25.5 Å². The number of hydrogen-bond acceptors (Lipinski definition) is 6. The van der Waals surface area contributed by atoms with Crippen LogP contribution in [0.25, 0.3) is 33.9 Å². The number of halogens is 5. The van der Waals surface area contributed by atoms with Gasteiger partial charge in [0, 0.05) is 17.1 Å². The van der Waals surface area contributed by atoms with E-state index in [4.69, 9.17) is 21.3 Å². The number of fused-ring (bicyclic) bond motifs is 1. The van der Waals surface area contributed by atoms with Gasteiger partial charge in [-0.15, -0.1) is 0 Å². The predicted octanol–water partition coefficient (Wildman–Crippen LogP) is 6.92. The first-order valence-electron chi connectivity index (χ1n) is 13.9. The highest BCUT2D eigenvalue weighted by molar-refractivity contribution is 6.31. The molecule has 6 rings (SSSR count). The average Bonchev–Trinajstić information content (AvgIpc) is 3.66. The van der Waals surface area contributed by atoms with Gasteiger partial charge in [-0.05, 0) is 69.0 Å². The third kappa shape index (κ3) is 5.96. The molecule has 1 fully saturated rings. The minimum Gasteiger partial charge on any atom is -0.480 e. The summed E-state index contributed by atoms with van der Waals surface area (Å²) in [6.45, 7) is 0.869. The van der Waals surface area contributed by atoms with Crippen molar-refractivity contribution in [1.29, 1.82) is 0 Å². The van der Waals surface area contributed by atoms with Crippen LogP contribution in [0.15, 0.2) is 61.1 Å². The lowest BCUT2D eigenvalue weighted by Crippen LogP contribution is -2.39. The minimum atomic E-state index is -4.61. The summed E-state index contributed by atoms with van der Waals surface area (Å²) in [5, 5.41) is 9.83. The second-order valence-corrected chi connectivity index (χ2v) is 11.0. The van der Waals surface area contributed by atoms with Crippen LogP contribution in [-0.2, 0) is 0 Å². The van der Waals surface area contributed by atoms with Gasteiger partial charge in [0.2, 0.25) is 0 Å². The molecule has 0 spiro atoms. The van der Waals surface area contributed by atoms with Gasteiger partial charge >= 0.3 is 6.18 Å². The summed E-state index contributed by atoms with van der Waals surface area (Å²) in [5.41, 5.74) is 2.00. The van der Waals surface area contributed by atoms with Crippen molar-refractivity contribution in [3.05, 3.63) is 77.5 Å². The highest BCUT2D eigenvalue weighted by Crippen LogP contribution is 2.38. The molecule has 3 heterocycles. The molecule has 1 aliphatic rings. The Bertz CT molecular complexity index is 1810. The molecule has 44 heavy (non-hydrogen) atoms. The third-order valence-electron chi connectivity index (χ3n) is 7.65. The number of carbonyl (C=O) groups is 1. The minimum absolute atomic E-state index is 0.0985. The van der Waals surface area contributed by atoms with Crippen molar-refractivity contribution in [1.82, 2.24) is 35.0 Å². The number of nitrogens with zero attached hydrogens (tertiary/aromatic N) is 5. The van der Waals surface area contributed by atoms with Gasteiger partial charge in [0.15, 0.2) is 11.9 Å². The number of rotatable bonds is 7. The number of pyridine rings is 1. The van der Waals surface area contributed by atoms with Gasteiger partial charge in [0.25, 0.3) is 5.91 Å². The highest BCUT2D eigenvalue weighted by atomic mass is 35.5. The van der Waals surface area contributed by atoms with Gasteiger partial charge < -0.3 is 14.6 Å². The second kappa shape index (κ2) is 11.9. The monoisotopic (exact) mass is 627 g/mol. The smallest absolute Gasteiger partial charge is 0.425 e. The molecule has 228 valence electrons. The molecule has 3 aromatic heterocycles. The Morgan fingerprint density at radius 2 is 1.98 bits per heavy atom. The van der Waals surface area contributed by atoms with Crippen molar-refractivity contribution >= 4 is 28.5 Å². The number of nitrogens with one attached hydrogen (secondary N) is 2. The van der Waals surface area contributed by atoms with E-state index >= 15 is 4.39 Å². The zero-order valence-corrected chi connectivity index (χ0v) is 24.0. The van der Waals surface area contributed by atoms with E-state index < -0.39 is 24.0 Å². The first-order chi connectivity index (χ1) is 21.1. The van der Waals surface area contributed by atoms with Gasteiger partial charge in [-0.2, -0.15) is 18.3 Å². The maximum Gasteiger partial charge on any atom is 0.425 e. The Hall–Kier alpha value is -4.52. The molecule has 0 bridgehead atoms. The average molecular weight is 628 g/mol. The number of alkyl halides is 3. The maximum atomic E-state index is 15.1. The summed E-state index contributed by atoms with van der Waals surface area (Å²) < 4.78 is 61.8. The Morgan fingerprint density at radius 1 is 1.16 bits per heavy atom. The van der Waals surface area contributed by atoms with Crippen LogP contribution in [-0.4, -0.2) is 53.9 Å². The molecule has 1 saturated carbocycles. The van der Waals surface area contributed by atoms with Crippen molar-refractivity contribution in [3.63, 3.8) is 0 Å². The number of imidazole rings is 1. The van der Waals surface area contributed by atoms with Crippen molar-refractivity contribution in [2.45, 2.75) is 57.0 Å². The molecule has 14 heteroatoms. The summed E-state index contributed by atoms with van der Waals surface area (Å²) in [5.74, 6) is -0.392. The number of aromatic nitrogens is 6. The summed E-state index contributed by atoms with van der Waals surface area (Å²) in [4.78, 5) is 26.8. The van der Waals surface area contributed by atoms with Crippen LogP contribution in [0.2, 0.25) is 5.02 Å². The molecule has 1 aliphatic carbocycles. The maximum absolute atomic E-state index is 15.1. The van der Waals surface area contributed by atoms with Gasteiger partial charge in [-0.1, -0.05) is 23.7 Å². The van der Waals surface area contributed by atoms with Crippen molar-refractivity contribution < 1.29 is 27.1 Å². The van der Waals surface area contributed by atoms with Crippen LogP contribution in [0, 0.1) is 5.82 Å². The molecule has 3 atom stereocenters. The third-order valence-corrected chi connectivity index (χ3v) is 7.88. The molecule has 2 N–H and O–H groups in total. The number of ether oxygens (including phenoxy) is 1. The highest BCUT2D eigenvalue weighted by Gasteiger charge is 2.39. The number of H-pyrrole nitrogens is 1. The van der Waals surface area contributed by atoms with Crippen LogP contribution in [0.4, 0.5) is 17.6 Å². The number of carbonyl (C=O) groups excluding carboxylic acids is 1. The first-order valence-corrected chi connectivity index (χ1v) is 14.3.